The summed E-state index contributed by atoms with van der Waals surface area (Å²) in [5, 5.41) is 23.8. The van der Waals surface area contributed by atoms with Crippen LogP contribution >= 0.6 is 22.6 Å². The Balaban J connectivity index is 1.60. The number of nitrogens with one attached hydrogen (secondary N) is 1. The van der Waals surface area contributed by atoms with Crippen molar-refractivity contribution in [1.29, 1.82) is 5.26 Å². The zero-order valence-corrected chi connectivity index (χ0v) is 22.6. The van der Waals surface area contributed by atoms with Crippen LogP contribution in [0.25, 0.3) is 16.8 Å². The van der Waals surface area contributed by atoms with Gasteiger partial charge in [0.1, 0.15) is 18.2 Å². The summed E-state index contributed by atoms with van der Waals surface area (Å²) in [6.45, 7) is 2.59. The summed E-state index contributed by atoms with van der Waals surface area (Å²) in [5.74, 6) is -0.848. The van der Waals surface area contributed by atoms with Crippen molar-refractivity contribution >= 4 is 57.0 Å². The van der Waals surface area contributed by atoms with Crippen molar-refractivity contribution in [1.82, 2.24) is 0 Å². The maximum atomic E-state index is 12.8. The zero-order valence-electron chi connectivity index (χ0n) is 20.4. The van der Waals surface area contributed by atoms with Crippen molar-refractivity contribution in [2.45, 2.75) is 13.5 Å². The summed E-state index contributed by atoms with van der Waals surface area (Å²) in [4.78, 5) is 24.3. The second kappa shape index (κ2) is 12.3. The normalized spacial score (nSPS) is 11.0. The molecule has 4 rings (SSSR count). The van der Waals surface area contributed by atoms with Crippen LogP contribution in [-0.2, 0) is 11.4 Å². The molecule has 7 nitrogen and oxygen atoms in total. The highest BCUT2D eigenvalue weighted by atomic mass is 127. The number of carbonyl (C=O) groups excluding carboxylic acids is 1. The summed E-state index contributed by atoms with van der Waals surface area (Å²) in [7, 11) is 0. The molecule has 0 aliphatic carbocycles. The van der Waals surface area contributed by atoms with E-state index in [2.05, 4.69) is 46.1 Å². The molecule has 0 aliphatic heterocycles. The van der Waals surface area contributed by atoms with Gasteiger partial charge in [-0.05, 0) is 81.8 Å². The van der Waals surface area contributed by atoms with E-state index in [4.69, 9.17) is 9.47 Å². The van der Waals surface area contributed by atoms with E-state index in [9.17, 15) is 20.0 Å². The Bertz CT molecular complexity index is 1580. The lowest BCUT2D eigenvalue weighted by molar-refractivity contribution is -0.112. The van der Waals surface area contributed by atoms with E-state index < -0.39 is 11.9 Å². The first-order chi connectivity index (χ1) is 18.4. The Kier molecular flexibility index (Phi) is 8.61. The Morgan fingerprint density at radius 3 is 2.53 bits per heavy atom. The average Bonchev–Trinajstić information content (AvgIpc) is 2.91. The zero-order chi connectivity index (χ0) is 27.1. The SMILES string of the molecule is CCOc1cc(/C=C(\C#N)C(=O)Nc2ccccc2C(=O)O)cc(I)c1OCc1cccc2ccccc12. The molecule has 0 saturated heterocycles. The second-order valence-electron chi connectivity index (χ2n) is 8.16. The number of nitrogens with zero attached hydrogens (tertiary/aromatic N) is 1. The van der Waals surface area contributed by atoms with Crippen molar-refractivity contribution in [2.24, 2.45) is 0 Å². The molecule has 4 aromatic rings. The first-order valence-electron chi connectivity index (χ1n) is 11.7. The molecule has 0 heterocycles. The maximum absolute atomic E-state index is 12.8. The van der Waals surface area contributed by atoms with Crippen LogP contribution in [0.15, 0.2) is 84.4 Å². The number of nitriles is 1. The van der Waals surface area contributed by atoms with E-state index in [0.29, 0.717) is 30.3 Å². The van der Waals surface area contributed by atoms with Gasteiger partial charge < -0.3 is 19.9 Å². The summed E-state index contributed by atoms with van der Waals surface area (Å²) in [6.07, 6.45) is 1.43. The number of anilines is 1. The van der Waals surface area contributed by atoms with E-state index in [-0.39, 0.29) is 16.8 Å². The Hall–Kier alpha value is -4.36. The van der Waals surface area contributed by atoms with Gasteiger partial charge in [0.25, 0.3) is 5.91 Å². The molecule has 0 aliphatic rings. The average molecular weight is 618 g/mol. The third-order valence-electron chi connectivity index (χ3n) is 5.67. The minimum absolute atomic E-state index is 0.0704. The molecule has 38 heavy (non-hydrogen) atoms. The van der Waals surface area contributed by atoms with Gasteiger partial charge >= 0.3 is 5.97 Å². The molecule has 0 bridgehead atoms. The number of carboxylic acid groups (broad SMARTS) is 1. The minimum atomic E-state index is -1.18. The predicted molar refractivity (Wildman–Crippen MR) is 154 cm³/mol. The number of halogens is 1. The maximum Gasteiger partial charge on any atom is 0.337 e. The summed E-state index contributed by atoms with van der Waals surface area (Å²) >= 11 is 2.14. The number of benzene rings is 4. The Labute approximate surface area is 233 Å². The highest BCUT2D eigenvalue weighted by Crippen LogP contribution is 2.36. The molecule has 1 amide bonds. The molecule has 190 valence electrons. The fraction of sp³-hybridized carbons (Fsp3) is 0.100. The van der Waals surface area contributed by atoms with Gasteiger partial charge in [-0.3, -0.25) is 4.79 Å². The predicted octanol–water partition coefficient (Wildman–Crippen LogP) is 6.67. The fourth-order valence-corrected chi connectivity index (χ4v) is 4.71. The number of carboxylic acids is 1. The quantitative estimate of drug-likeness (QED) is 0.123. The van der Waals surface area contributed by atoms with Crippen LogP contribution in [0.4, 0.5) is 5.69 Å². The third kappa shape index (κ3) is 6.12. The second-order valence-corrected chi connectivity index (χ2v) is 9.33. The summed E-state index contributed by atoms with van der Waals surface area (Å²) in [5.41, 5.74) is 1.45. The highest BCUT2D eigenvalue weighted by Gasteiger charge is 2.17. The number of hydrogen-bond donors (Lipinski definition) is 2. The molecule has 0 saturated carbocycles. The summed E-state index contributed by atoms with van der Waals surface area (Å²) in [6, 6.07) is 25.6. The molecule has 0 aromatic heterocycles. The van der Waals surface area contributed by atoms with Crippen molar-refractivity contribution in [2.75, 3.05) is 11.9 Å². The van der Waals surface area contributed by atoms with Crippen molar-refractivity contribution in [3.63, 3.8) is 0 Å². The molecular weight excluding hydrogens is 595 g/mol. The van der Waals surface area contributed by atoms with E-state index in [1.54, 1.807) is 24.3 Å². The van der Waals surface area contributed by atoms with Gasteiger partial charge in [-0.15, -0.1) is 0 Å². The Morgan fingerprint density at radius 2 is 1.76 bits per heavy atom. The number of aromatic carboxylic acids is 1. The lowest BCUT2D eigenvalue weighted by Crippen LogP contribution is -2.16. The van der Waals surface area contributed by atoms with E-state index >= 15 is 0 Å². The molecule has 2 N–H and O–H groups in total. The van der Waals surface area contributed by atoms with E-state index in [0.717, 1.165) is 19.9 Å². The Morgan fingerprint density at radius 1 is 1.03 bits per heavy atom. The number of amides is 1. The van der Waals surface area contributed by atoms with Gasteiger partial charge in [-0.1, -0.05) is 54.6 Å². The van der Waals surface area contributed by atoms with Crippen molar-refractivity contribution < 1.29 is 24.2 Å². The molecule has 4 aromatic carbocycles. The minimum Gasteiger partial charge on any atom is -0.490 e. The topological polar surface area (TPSA) is 109 Å². The molecule has 0 unspecified atom stereocenters. The van der Waals surface area contributed by atoms with Gasteiger partial charge in [-0.25, -0.2) is 4.79 Å². The fourth-order valence-electron chi connectivity index (χ4n) is 3.93. The first kappa shape index (κ1) is 26.7. The van der Waals surface area contributed by atoms with Crippen LogP contribution in [0.2, 0.25) is 0 Å². The standard InChI is InChI=1S/C30H23IN2O5/c1-2-37-27-16-19(14-22(17-32)29(34)33-26-13-6-5-12-24(26)30(35)36)15-25(31)28(27)38-18-21-10-7-9-20-8-3-4-11-23(20)21/h3-16H,2,18H2,1H3,(H,33,34)(H,35,36)/b22-14+. The van der Waals surface area contributed by atoms with E-state index in [1.807, 2.05) is 37.3 Å². The lowest BCUT2D eigenvalue weighted by Gasteiger charge is -2.16. The van der Waals surface area contributed by atoms with Gasteiger partial charge in [-0.2, -0.15) is 5.26 Å². The molecule has 0 fully saturated rings. The van der Waals surface area contributed by atoms with E-state index in [1.165, 1.54) is 18.2 Å². The summed E-state index contributed by atoms with van der Waals surface area (Å²) < 4.78 is 12.8. The monoisotopic (exact) mass is 618 g/mol. The van der Waals surface area contributed by atoms with Gasteiger partial charge in [0.05, 0.1) is 21.4 Å². The number of carbonyl (C=O) groups is 2. The van der Waals surface area contributed by atoms with Crippen molar-refractivity contribution in [3.05, 3.63) is 105 Å². The van der Waals surface area contributed by atoms with Crippen LogP contribution in [0.3, 0.4) is 0 Å². The van der Waals surface area contributed by atoms with Crippen LogP contribution in [0, 0.1) is 14.9 Å². The van der Waals surface area contributed by atoms with Gasteiger partial charge in [0.15, 0.2) is 11.5 Å². The number of hydrogen-bond acceptors (Lipinski definition) is 5. The van der Waals surface area contributed by atoms with Crippen molar-refractivity contribution in [3.8, 4) is 17.6 Å². The number of ether oxygens (including phenoxy) is 2. The molecular formula is C30H23IN2O5. The smallest absolute Gasteiger partial charge is 0.337 e. The van der Waals surface area contributed by atoms with Crippen LogP contribution in [0.1, 0.15) is 28.4 Å². The number of para-hydroxylation sites is 1. The van der Waals surface area contributed by atoms with Crippen LogP contribution in [-0.4, -0.2) is 23.6 Å². The first-order valence-corrected chi connectivity index (χ1v) is 12.8. The van der Waals surface area contributed by atoms with Crippen LogP contribution in [0.5, 0.6) is 11.5 Å². The largest absolute Gasteiger partial charge is 0.490 e. The number of fused-ring (bicyclic) bond motifs is 1. The highest BCUT2D eigenvalue weighted by molar-refractivity contribution is 14.1. The van der Waals surface area contributed by atoms with Crippen LogP contribution < -0.4 is 14.8 Å². The number of rotatable bonds is 9. The third-order valence-corrected chi connectivity index (χ3v) is 6.47. The molecule has 0 radical (unpaired) electrons. The van der Waals surface area contributed by atoms with Gasteiger partial charge in [0, 0.05) is 0 Å². The molecule has 0 atom stereocenters. The van der Waals surface area contributed by atoms with Gasteiger partial charge in [0.2, 0.25) is 0 Å². The lowest BCUT2D eigenvalue weighted by atomic mass is 10.1. The molecule has 8 heteroatoms. The molecule has 0 spiro atoms.